The van der Waals surface area contributed by atoms with E-state index in [9.17, 15) is 0 Å². The molecule has 494 valence electrons. The summed E-state index contributed by atoms with van der Waals surface area (Å²) in [5.41, 5.74) is 15.3. The predicted octanol–water partition coefficient (Wildman–Crippen LogP) is 25.3. The third-order valence-electron chi connectivity index (χ3n) is 19.8. The van der Waals surface area contributed by atoms with Crippen LogP contribution in [0.25, 0.3) is 45.5 Å². The lowest BCUT2D eigenvalue weighted by Gasteiger charge is -2.35. The number of halogens is 6. The summed E-state index contributed by atoms with van der Waals surface area (Å²) in [6, 6.07) is 92.1. The van der Waals surface area contributed by atoms with Crippen LogP contribution in [0.1, 0.15) is 66.8 Å². The molecule has 0 radical (unpaired) electrons. The van der Waals surface area contributed by atoms with E-state index in [-0.39, 0.29) is 11.6 Å². The SMILES string of the molecule is C=Cc1ccc(Oc2ccc(C3(c4cc(F)cc(F)c4)c4ccccc4-c4ccc(N(c5ccc(-c6ccc(N(c7ccc(F)c(C)c7)c7ccc8c(c7)[C@](c7ccc(Oc9ccc(C=C)cc9)cc7)(c7cc(F)cc(F)c7)c7ccccc7-8)cc6)cc5)c5ccc(F)c(C)c5)cc43)cc2)cc1. The second-order valence-electron chi connectivity index (χ2n) is 25.8. The fourth-order valence-electron chi connectivity index (χ4n) is 15.1. The number of anilines is 6. The van der Waals surface area contributed by atoms with E-state index in [4.69, 9.17) is 9.47 Å². The molecule has 4 nitrogen and oxygen atoms in total. The van der Waals surface area contributed by atoms with Crippen LogP contribution in [0.3, 0.4) is 0 Å². The third kappa shape index (κ3) is 11.2. The molecule has 10 heteroatoms. The molecule has 0 spiro atoms. The van der Waals surface area contributed by atoms with Gasteiger partial charge in [-0.2, -0.15) is 0 Å². The van der Waals surface area contributed by atoms with Crippen molar-refractivity contribution in [3.63, 3.8) is 0 Å². The maximum absolute atomic E-state index is 15.9. The van der Waals surface area contributed by atoms with E-state index in [0.29, 0.717) is 68.0 Å². The molecule has 2 aliphatic rings. The van der Waals surface area contributed by atoms with E-state index in [0.717, 1.165) is 101 Å². The van der Waals surface area contributed by atoms with Crippen molar-refractivity contribution in [3.8, 4) is 56.4 Å². The number of aryl methyl sites for hydroxylation is 2. The van der Waals surface area contributed by atoms with E-state index < -0.39 is 34.1 Å². The summed E-state index contributed by atoms with van der Waals surface area (Å²) in [5.74, 6) is -1.21. The van der Waals surface area contributed by atoms with Gasteiger partial charge in [-0.05, 0) is 272 Å². The molecule has 14 aromatic carbocycles. The minimum absolute atomic E-state index is 0.362. The molecule has 102 heavy (non-hydrogen) atoms. The van der Waals surface area contributed by atoms with Gasteiger partial charge >= 0.3 is 0 Å². The van der Waals surface area contributed by atoms with E-state index >= 15 is 26.3 Å². The van der Waals surface area contributed by atoms with Crippen molar-refractivity contribution in [2.75, 3.05) is 9.80 Å². The summed E-state index contributed by atoms with van der Waals surface area (Å²) < 4.78 is 107. The fourth-order valence-corrected chi connectivity index (χ4v) is 15.1. The maximum atomic E-state index is 15.9. The van der Waals surface area contributed by atoms with Crippen LogP contribution in [-0.2, 0) is 10.8 Å². The molecule has 0 bridgehead atoms. The van der Waals surface area contributed by atoms with E-state index in [1.165, 1.54) is 36.4 Å². The molecular formula is C92H62F6N2O2. The highest BCUT2D eigenvalue weighted by Gasteiger charge is 2.49. The van der Waals surface area contributed by atoms with Crippen LogP contribution in [0.5, 0.6) is 23.0 Å². The summed E-state index contributed by atoms with van der Waals surface area (Å²) in [6.45, 7) is 11.2. The van der Waals surface area contributed by atoms with Gasteiger partial charge in [0.1, 0.15) is 57.9 Å². The van der Waals surface area contributed by atoms with Crippen molar-refractivity contribution in [3.05, 3.63) is 418 Å². The lowest BCUT2D eigenvalue weighted by atomic mass is 9.67. The lowest BCUT2D eigenvalue weighted by Crippen LogP contribution is -2.29. The van der Waals surface area contributed by atoms with Gasteiger partial charge in [0.2, 0.25) is 0 Å². The Morgan fingerprint density at radius 3 is 0.931 bits per heavy atom. The summed E-state index contributed by atoms with van der Waals surface area (Å²) >= 11 is 0. The van der Waals surface area contributed by atoms with Crippen LogP contribution in [0.4, 0.5) is 60.5 Å². The van der Waals surface area contributed by atoms with Crippen molar-refractivity contribution in [1.82, 2.24) is 0 Å². The number of hydrogen-bond acceptors (Lipinski definition) is 4. The first-order chi connectivity index (χ1) is 49.7. The molecule has 0 saturated heterocycles. The van der Waals surface area contributed by atoms with Crippen LogP contribution in [0.2, 0.25) is 0 Å². The molecule has 0 heterocycles. The Balaban J connectivity index is 0.783. The van der Waals surface area contributed by atoms with E-state index in [1.54, 1.807) is 50.3 Å². The van der Waals surface area contributed by atoms with Gasteiger partial charge < -0.3 is 19.3 Å². The van der Waals surface area contributed by atoms with Gasteiger partial charge in [0, 0.05) is 46.3 Å². The van der Waals surface area contributed by atoms with Crippen molar-refractivity contribution >= 4 is 46.3 Å². The quantitative estimate of drug-likeness (QED) is 0.0849. The molecule has 1 unspecified atom stereocenters. The fraction of sp³-hybridized carbons (Fsp3) is 0.0435. The Labute approximate surface area is 587 Å². The normalized spacial score (nSPS) is 14.6. The topological polar surface area (TPSA) is 24.9 Å². The van der Waals surface area contributed by atoms with Crippen LogP contribution < -0.4 is 19.3 Å². The third-order valence-corrected chi connectivity index (χ3v) is 19.8. The second kappa shape index (κ2) is 25.9. The Morgan fingerprint density at radius 2 is 0.588 bits per heavy atom. The van der Waals surface area contributed by atoms with Crippen molar-refractivity contribution in [1.29, 1.82) is 0 Å². The first-order valence-electron chi connectivity index (χ1n) is 33.4. The van der Waals surface area contributed by atoms with Crippen LogP contribution in [-0.4, -0.2) is 0 Å². The number of hydrogen-bond donors (Lipinski definition) is 0. The Morgan fingerprint density at radius 1 is 0.284 bits per heavy atom. The Kier molecular flexibility index (Phi) is 16.3. The monoisotopic (exact) mass is 1340 g/mol. The minimum Gasteiger partial charge on any atom is -0.457 e. The van der Waals surface area contributed by atoms with Crippen molar-refractivity contribution < 1.29 is 35.8 Å². The van der Waals surface area contributed by atoms with Gasteiger partial charge in [0.15, 0.2) is 0 Å². The molecule has 2 atom stereocenters. The molecule has 0 fully saturated rings. The summed E-state index contributed by atoms with van der Waals surface area (Å²) in [6.07, 6.45) is 3.52. The van der Waals surface area contributed by atoms with Gasteiger partial charge in [-0.3, -0.25) is 0 Å². The molecule has 0 amide bonds. The summed E-state index contributed by atoms with van der Waals surface area (Å²) in [5, 5.41) is 0. The lowest BCUT2D eigenvalue weighted by molar-refractivity contribution is 0.482. The average molecular weight is 1340 g/mol. The predicted molar refractivity (Wildman–Crippen MR) is 398 cm³/mol. The van der Waals surface area contributed by atoms with Gasteiger partial charge in [-0.1, -0.05) is 159 Å². The highest BCUT2D eigenvalue weighted by Crippen LogP contribution is 2.60. The summed E-state index contributed by atoms with van der Waals surface area (Å²) in [4.78, 5) is 4.11. The van der Waals surface area contributed by atoms with E-state index in [1.807, 2.05) is 218 Å². The van der Waals surface area contributed by atoms with Crippen LogP contribution in [0, 0.1) is 48.8 Å². The van der Waals surface area contributed by atoms with Gasteiger partial charge in [-0.15, -0.1) is 0 Å². The smallest absolute Gasteiger partial charge is 0.127 e. The average Bonchev–Trinajstić information content (AvgIpc) is 1.56. The zero-order valence-electron chi connectivity index (χ0n) is 55.4. The molecule has 14 aromatic rings. The number of ether oxygens (including phenoxy) is 2. The standard InChI is InChI=1S/C92H62F6N2O2/c1-5-59-15-35-77(36-16-59)101-79-39-23-63(24-40-79)91(65-49-67(93)53-68(94)50-65)85-13-9-7-11-81(85)83-43-31-75(55-87(83)91)99(73-33-45-89(97)57(3)47-73)71-27-19-61(20-28-71)62-21-29-72(30-22-62)100(74-34-46-90(98)58(4)48-74)76-32-44-84-82-12-8-10-14-86(82)92(88(84)56-76,66-51-69(95)54-70(96)52-66)64-25-41-80(42-26-64)102-78-37-17-60(6-2)18-38-78/h5-56H,1-2H2,3-4H3/t91-,92?/m1/s1. The maximum Gasteiger partial charge on any atom is 0.127 e. The largest absolute Gasteiger partial charge is 0.457 e. The number of rotatable bonds is 17. The molecule has 0 aromatic heterocycles. The minimum atomic E-state index is -1.25. The van der Waals surface area contributed by atoms with Gasteiger partial charge in [-0.25, -0.2) is 26.3 Å². The zero-order chi connectivity index (χ0) is 70.0. The molecule has 16 rings (SSSR count). The molecule has 0 N–H and O–H groups in total. The van der Waals surface area contributed by atoms with Crippen molar-refractivity contribution in [2.24, 2.45) is 0 Å². The Hall–Kier alpha value is -12.7. The number of fused-ring (bicyclic) bond motifs is 6. The Bertz CT molecular complexity index is 5210. The van der Waals surface area contributed by atoms with Crippen LogP contribution >= 0.6 is 0 Å². The highest BCUT2D eigenvalue weighted by atomic mass is 19.2. The molecule has 2 aliphatic carbocycles. The number of nitrogens with zero attached hydrogens (tertiary/aromatic N) is 2. The van der Waals surface area contributed by atoms with E-state index in [2.05, 4.69) is 35.1 Å². The first kappa shape index (κ1) is 64.0. The van der Waals surface area contributed by atoms with Crippen LogP contribution in [0.15, 0.2) is 316 Å². The second-order valence-corrected chi connectivity index (χ2v) is 25.8. The van der Waals surface area contributed by atoms with Crippen molar-refractivity contribution in [2.45, 2.75) is 24.7 Å². The molecular weight excluding hydrogens is 1280 g/mol. The first-order valence-corrected chi connectivity index (χ1v) is 33.4. The summed E-state index contributed by atoms with van der Waals surface area (Å²) in [7, 11) is 0. The van der Waals surface area contributed by atoms with Gasteiger partial charge in [0.05, 0.1) is 10.8 Å². The molecule has 0 saturated carbocycles. The number of benzene rings is 14. The molecule has 0 aliphatic heterocycles. The highest BCUT2D eigenvalue weighted by molar-refractivity contribution is 5.92. The zero-order valence-corrected chi connectivity index (χ0v) is 55.4. The van der Waals surface area contributed by atoms with Gasteiger partial charge in [0.25, 0.3) is 0 Å².